The van der Waals surface area contributed by atoms with Crippen LogP contribution < -0.4 is 15.1 Å². The van der Waals surface area contributed by atoms with Crippen molar-refractivity contribution in [2.24, 2.45) is 5.10 Å². The van der Waals surface area contributed by atoms with Crippen LogP contribution in [0.1, 0.15) is 49.2 Å². The molecule has 3 rings (SSSR count). The number of carbonyl (C=O) groups is 1. The summed E-state index contributed by atoms with van der Waals surface area (Å²) < 4.78 is 5.59. The Morgan fingerprint density at radius 1 is 1.32 bits per heavy atom. The van der Waals surface area contributed by atoms with Crippen LogP contribution in [0.4, 0.5) is 5.69 Å². The molecule has 0 unspecified atom stereocenters. The van der Waals surface area contributed by atoms with Gasteiger partial charge in [0.1, 0.15) is 5.75 Å². The van der Waals surface area contributed by atoms with Gasteiger partial charge in [-0.2, -0.15) is 5.10 Å². The number of carbonyl (C=O) groups excluding carboxylic acids is 1. The Morgan fingerprint density at radius 2 is 2.04 bits per heavy atom. The van der Waals surface area contributed by atoms with Crippen molar-refractivity contribution in [3.63, 3.8) is 0 Å². The topological polar surface area (TPSA) is 66.8 Å². The molecule has 6 heteroatoms. The SMILES string of the molecule is CCN1c2cc(OC)c(/C=N\NC(=O)c3ccncc3)cc2C(C)=CC1(C)C. The summed E-state index contributed by atoms with van der Waals surface area (Å²) in [7, 11) is 1.64. The molecule has 0 radical (unpaired) electrons. The van der Waals surface area contributed by atoms with Gasteiger partial charge in [0.05, 0.1) is 18.9 Å². The number of anilines is 1. The fraction of sp³-hybridized carbons (Fsp3) is 0.318. The Hall–Kier alpha value is -3.15. The number of pyridine rings is 1. The standard InChI is InChI=1S/C22H26N4O2/c1-6-26-19-12-20(28-5)17(11-18(19)15(2)13-22(26,3)4)14-24-25-21(27)16-7-9-23-10-8-16/h7-14H,6H2,1-5H3,(H,25,27)/b24-14-. The molecule has 0 saturated carbocycles. The van der Waals surface area contributed by atoms with Crippen molar-refractivity contribution in [1.82, 2.24) is 10.4 Å². The van der Waals surface area contributed by atoms with Gasteiger partial charge in [0.2, 0.25) is 0 Å². The van der Waals surface area contributed by atoms with E-state index in [0.29, 0.717) is 11.3 Å². The number of hydrazone groups is 1. The second kappa shape index (κ2) is 7.84. The number of allylic oxidation sites excluding steroid dienone is 1. The van der Waals surface area contributed by atoms with Gasteiger partial charge in [-0.15, -0.1) is 0 Å². The molecule has 0 fully saturated rings. The van der Waals surface area contributed by atoms with Crippen LogP contribution in [0.3, 0.4) is 0 Å². The monoisotopic (exact) mass is 378 g/mol. The van der Waals surface area contributed by atoms with E-state index in [1.54, 1.807) is 37.9 Å². The molecular weight excluding hydrogens is 352 g/mol. The zero-order valence-electron chi connectivity index (χ0n) is 17.0. The maximum atomic E-state index is 12.1. The van der Waals surface area contributed by atoms with Crippen LogP contribution in [0.5, 0.6) is 5.75 Å². The number of methoxy groups -OCH3 is 1. The molecule has 0 atom stereocenters. The molecule has 1 aliphatic rings. The fourth-order valence-electron chi connectivity index (χ4n) is 3.70. The molecular formula is C22H26N4O2. The Balaban J connectivity index is 1.91. The molecule has 2 heterocycles. The highest BCUT2D eigenvalue weighted by Crippen LogP contribution is 2.41. The van der Waals surface area contributed by atoms with Crippen LogP contribution >= 0.6 is 0 Å². The van der Waals surface area contributed by atoms with Gasteiger partial charge >= 0.3 is 0 Å². The molecule has 0 spiro atoms. The lowest BCUT2D eigenvalue weighted by atomic mass is 9.88. The predicted molar refractivity (Wildman–Crippen MR) is 113 cm³/mol. The second-order valence-electron chi connectivity index (χ2n) is 7.27. The minimum Gasteiger partial charge on any atom is -0.496 e. The van der Waals surface area contributed by atoms with E-state index in [1.807, 2.05) is 6.07 Å². The van der Waals surface area contributed by atoms with Crippen LogP contribution in [-0.2, 0) is 0 Å². The smallest absolute Gasteiger partial charge is 0.271 e. The van der Waals surface area contributed by atoms with E-state index in [2.05, 4.69) is 60.2 Å². The average Bonchev–Trinajstić information content (AvgIpc) is 2.68. The van der Waals surface area contributed by atoms with Crippen molar-refractivity contribution >= 4 is 23.4 Å². The molecule has 146 valence electrons. The zero-order valence-corrected chi connectivity index (χ0v) is 17.0. The summed E-state index contributed by atoms with van der Waals surface area (Å²) in [6.45, 7) is 9.57. The number of hydrogen-bond donors (Lipinski definition) is 1. The van der Waals surface area contributed by atoms with Crippen molar-refractivity contribution in [2.45, 2.75) is 33.2 Å². The highest BCUT2D eigenvalue weighted by molar-refractivity contribution is 5.95. The van der Waals surface area contributed by atoms with Crippen molar-refractivity contribution in [3.05, 3.63) is 59.4 Å². The predicted octanol–water partition coefficient (Wildman–Crippen LogP) is 3.88. The molecule has 1 amide bonds. The molecule has 0 saturated heterocycles. The van der Waals surface area contributed by atoms with Crippen LogP contribution in [0.25, 0.3) is 5.57 Å². The van der Waals surface area contributed by atoms with Crippen LogP contribution in [-0.4, -0.2) is 36.3 Å². The number of amides is 1. The minimum atomic E-state index is -0.287. The third-order valence-corrected chi connectivity index (χ3v) is 4.96. The summed E-state index contributed by atoms with van der Waals surface area (Å²) in [6.07, 6.45) is 7.03. The van der Waals surface area contributed by atoms with Gasteiger partial charge in [0.25, 0.3) is 5.91 Å². The first-order chi connectivity index (χ1) is 13.4. The number of rotatable bonds is 5. The fourth-order valence-corrected chi connectivity index (χ4v) is 3.70. The van der Waals surface area contributed by atoms with Gasteiger partial charge in [0.15, 0.2) is 0 Å². The zero-order chi connectivity index (χ0) is 20.3. The number of nitrogens with one attached hydrogen (secondary N) is 1. The van der Waals surface area contributed by atoms with E-state index in [9.17, 15) is 4.79 Å². The average molecular weight is 378 g/mol. The second-order valence-corrected chi connectivity index (χ2v) is 7.27. The van der Waals surface area contributed by atoms with E-state index in [-0.39, 0.29) is 11.4 Å². The van der Waals surface area contributed by atoms with Crippen LogP contribution in [0.2, 0.25) is 0 Å². The number of ether oxygens (including phenoxy) is 1. The largest absolute Gasteiger partial charge is 0.496 e. The van der Waals surface area contributed by atoms with E-state index >= 15 is 0 Å². The van der Waals surface area contributed by atoms with E-state index in [4.69, 9.17) is 4.74 Å². The first kappa shape index (κ1) is 19.6. The maximum absolute atomic E-state index is 12.1. The number of aromatic nitrogens is 1. The number of nitrogens with zero attached hydrogens (tertiary/aromatic N) is 3. The van der Waals surface area contributed by atoms with Gasteiger partial charge in [-0.1, -0.05) is 6.08 Å². The Morgan fingerprint density at radius 3 is 2.68 bits per heavy atom. The molecule has 2 aromatic rings. The molecule has 0 aliphatic carbocycles. The van der Waals surface area contributed by atoms with Crippen molar-refractivity contribution in [3.8, 4) is 5.75 Å². The Kier molecular flexibility index (Phi) is 5.49. The van der Waals surface area contributed by atoms with E-state index < -0.39 is 0 Å². The number of fused-ring (bicyclic) bond motifs is 1. The number of benzene rings is 1. The van der Waals surface area contributed by atoms with Gasteiger partial charge in [-0.25, -0.2) is 5.43 Å². The quantitative estimate of drug-likeness (QED) is 0.633. The highest BCUT2D eigenvalue weighted by Gasteiger charge is 2.31. The van der Waals surface area contributed by atoms with Crippen molar-refractivity contribution < 1.29 is 9.53 Å². The molecule has 28 heavy (non-hydrogen) atoms. The molecule has 1 aliphatic heterocycles. The summed E-state index contributed by atoms with van der Waals surface area (Å²) in [6, 6.07) is 7.38. The van der Waals surface area contributed by atoms with Crippen LogP contribution in [0, 0.1) is 0 Å². The van der Waals surface area contributed by atoms with Crippen LogP contribution in [0.15, 0.2) is 47.8 Å². The van der Waals surface area contributed by atoms with Gasteiger partial charge in [0, 0.05) is 47.4 Å². The Bertz CT molecular complexity index is 933. The molecule has 1 aromatic carbocycles. The molecule has 1 N–H and O–H groups in total. The Labute approximate surface area is 165 Å². The molecule has 0 bridgehead atoms. The minimum absolute atomic E-state index is 0.0645. The third kappa shape index (κ3) is 3.76. The first-order valence-corrected chi connectivity index (χ1v) is 9.30. The molecule has 1 aromatic heterocycles. The van der Waals surface area contributed by atoms with Crippen molar-refractivity contribution in [1.29, 1.82) is 0 Å². The van der Waals surface area contributed by atoms with Gasteiger partial charge in [-0.05, 0) is 51.5 Å². The lowest BCUT2D eigenvalue weighted by Crippen LogP contribution is -2.44. The highest BCUT2D eigenvalue weighted by atomic mass is 16.5. The lowest BCUT2D eigenvalue weighted by molar-refractivity contribution is 0.0955. The summed E-state index contributed by atoms with van der Waals surface area (Å²) in [5, 5.41) is 4.11. The third-order valence-electron chi connectivity index (χ3n) is 4.96. The first-order valence-electron chi connectivity index (χ1n) is 9.30. The van der Waals surface area contributed by atoms with E-state index in [0.717, 1.165) is 23.4 Å². The summed E-state index contributed by atoms with van der Waals surface area (Å²) in [5.41, 5.74) is 7.28. The van der Waals surface area contributed by atoms with Crippen molar-refractivity contribution in [2.75, 3.05) is 18.6 Å². The summed E-state index contributed by atoms with van der Waals surface area (Å²) >= 11 is 0. The van der Waals surface area contributed by atoms with Gasteiger partial charge in [-0.3, -0.25) is 9.78 Å². The number of hydrogen-bond acceptors (Lipinski definition) is 5. The van der Waals surface area contributed by atoms with E-state index in [1.165, 1.54) is 5.57 Å². The normalized spacial score (nSPS) is 15.2. The van der Waals surface area contributed by atoms with Gasteiger partial charge < -0.3 is 9.64 Å². The summed E-state index contributed by atoms with van der Waals surface area (Å²) in [5.74, 6) is 0.426. The molecule has 6 nitrogen and oxygen atoms in total. The lowest BCUT2D eigenvalue weighted by Gasteiger charge is -2.43. The summed E-state index contributed by atoms with van der Waals surface area (Å²) in [4.78, 5) is 18.4. The number of likely N-dealkylation sites (N-methyl/N-ethyl adjacent to an activating group) is 1. The maximum Gasteiger partial charge on any atom is 0.271 e.